The van der Waals surface area contributed by atoms with Gasteiger partial charge in [0.15, 0.2) is 12.3 Å². The molecule has 2 nitrogen and oxygen atoms in total. The molecule has 0 bridgehead atoms. The molecule has 0 aromatic heterocycles. The van der Waals surface area contributed by atoms with Crippen LogP contribution in [0.1, 0.15) is 0 Å². The molecule has 0 fully saturated rings. The molecule has 4 heteroatoms. The Balaban J connectivity index is 0. The van der Waals surface area contributed by atoms with Crippen molar-refractivity contribution in [2.24, 2.45) is 0 Å². The zero-order valence-electron chi connectivity index (χ0n) is 1.30. The molecule has 0 saturated heterocycles. The van der Waals surface area contributed by atoms with Gasteiger partial charge in [0.2, 0.25) is 0 Å². The number of hydrogen-bond acceptors (Lipinski definition) is 3. The minimum atomic E-state index is -0.250. The molecule has 0 atom stereocenters. The van der Waals surface area contributed by atoms with Crippen molar-refractivity contribution in [3.05, 3.63) is 0 Å². The molecule has 0 aliphatic carbocycles. The van der Waals surface area contributed by atoms with Gasteiger partial charge in [0, 0.05) is 0 Å². The van der Waals surface area contributed by atoms with E-state index in [1.165, 1.54) is 0 Å². The Morgan fingerprint density at radius 3 is 1.25 bits per heavy atom. The van der Waals surface area contributed by atoms with Crippen LogP contribution in [0.15, 0.2) is 0 Å². The Bertz CT molecular complexity index is 6.00. The first kappa shape index (κ1) is 9.28. The summed E-state index contributed by atoms with van der Waals surface area (Å²) in [6.07, 6.45) is 0. The van der Waals surface area contributed by atoms with Gasteiger partial charge in [-0.05, 0) is 0 Å². The van der Waals surface area contributed by atoms with E-state index in [9.17, 15) is 0 Å². The molecule has 2 N–H and O–H groups in total. The molecule has 0 aliphatic rings. The van der Waals surface area contributed by atoms with Gasteiger partial charge < -0.3 is 9.11 Å². The molecule has 24 valence electrons. The quantitative estimate of drug-likeness (QED) is 0.423. The Morgan fingerprint density at radius 2 is 1.25 bits per heavy atom. The van der Waals surface area contributed by atoms with Crippen molar-refractivity contribution in [3.63, 3.8) is 0 Å². The van der Waals surface area contributed by atoms with Crippen molar-refractivity contribution < 1.29 is 9.11 Å². The second kappa shape index (κ2) is 8.85. The monoisotopic (exact) mass is 206 g/mol. The van der Waals surface area contributed by atoms with Gasteiger partial charge in [-0.2, -0.15) is 0 Å². The molecular weight excluding hydrogens is 201 g/mol. The Labute approximate surface area is 69.1 Å². The third kappa shape index (κ3) is 9.15. The van der Waals surface area contributed by atoms with Crippen LogP contribution in [0.25, 0.3) is 0 Å². The van der Waals surface area contributed by atoms with E-state index in [-0.39, 0.29) is 61.2 Å². The maximum atomic E-state index is 7.04. The topological polar surface area (TPSA) is 40.5 Å². The summed E-state index contributed by atoms with van der Waals surface area (Å²) in [4.78, 5) is 0. The fraction of sp³-hybridized carbons (Fsp3) is 0. The van der Waals surface area contributed by atoms with Gasteiger partial charge in [-0.25, -0.2) is 0 Å². The van der Waals surface area contributed by atoms with Crippen molar-refractivity contribution in [1.82, 2.24) is 0 Å². The Morgan fingerprint density at radius 1 is 1.25 bits per heavy atom. The number of hydrogen-bond donors (Lipinski definition) is 2. The molecule has 0 heterocycles. The molecule has 0 aliphatic heterocycles. The van der Waals surface area contributed by atoms with Crippen molar-refractivity contribution in [1.29, 1.82) is 0 Å². The zero-order valence-corrected chi connectivity index (χ0v) is 2.12. The molecule has 0 spiro atoms. The van der Waals surface area contributed by atoms with Crippen LogP contribution in [-0.2, 0) is 0 Å². The molecule has 0 rings (SSSR count). The van der Waals surface area contributed by atoms with Gasteiger partial charge in [-0.3, -0.25) is 0 Å². The van der Waals surface area contributed by atoms with Crippen LogP contribution < -0.4 is 0 Å². The zero-order chi connectivity index (χ0) is 2.71. The second-order valence-electron chi connectivity index (χ2n) is 0.0816. The van der Waals surface area contributed by atoms with E-state index in [0.717, 1.165) is 0 Å². The van der Waals surface area contributed by atoms with Crippen LogP contribution in [0.2, 0.25) is 0 Å². The van der Waals surface area contributed by atoms with Crippen molar-refractivity contribution in [2.75, 3.05) is 0 Å². The summed E-state index contributed by atoms with van der Waals surface area (Å²) in [6.45, 7) is 0. The predicted octanol–water partition coefficient (Wildman–Crippen LogP) is -0.251. The predicted molar refractivity (Wildman–Crippen MR) is 21.4 cm³/mol. The van der Waals surface area contributed by atoms with Crippen molar-refractivity contribution in [3.8, 4) is 0 Å². The number of rotatable bonds is 0. The van der Waals surface area contributed by atoms with Crippen LogP contribution in [-0.4, -0.2) is 58.0 Å². The van der Waals surface area contributed by atoms with Gasteiger partial charge in [-0.1, -0.05) is 0 Å². The van der Waals surface area contributed by atoms with E-state index in [2.05, 4.69) is 0 Å². The maximum absolute atomic E-state index is 7.04. The third-order valence-corrected chi connectivity index (χ3v) is 0. The van der Waals surface area contributed by atoms with Gasteiger partial charge >= 0.3 is 48.9 Å². The van der Waals surface area contributed by atoms with Crippen LogP contribution in [0, 0.1) is 0 Å². The Kier molecular flexibility index (Phi) is 20.5. The fourth-order valence-electron chi connectivity index (χ4n) is 0. The third-order valence-electron chi connectivity index (χ3n) is 0. The normalized spacial score (nSPS) is 4.50. The average Bonchev–Trinajstić information content (AvgIpc) is 0.918. The minimum absolute atomic E-state index is 0. The summed E-state index contributed by atoms with van der Waals surface area (Å²) in [7, 11) is 0. The molecule has 0 amide bonds. The first-order valence-corrected chi connectivity index (χ1v) is 1.10. The van der Waals surface area contributed by atoms with Crippen LogP contribution in [0.4, 0.5) is 0 Å². The first-order valence-electron chi connectivity index (χ1n) is 0.365. The van der Waals surface area contributed by atoms with Gasteiger partial charge in [0.1, 0.15) is 0 Å². The molecule has 0 radical (unpaired) electrons. The van der Waals surface area contributed by atoms with E-state index in [4.69, 9.17) is 9.11 Å². The standard InChI is InChI=1S/Ba.H2O2S.2H/c;1-3-2;;/h;1-2H;;. The Hall–Kier alpha value is 1.84. The summed E-state index contributed by atoms with van der Waals surface area (Å²) in [5.74, 6) is 0. The molecule has 0 saturated carbocycles. The second-order valence-corrected chi connectivity index (χ2v) is 0.245. The summed E-state index contributed by atoms with van der Waals surface area (Å²) in [6, 6.07) is 0. The van der Waals surface area contributed by atoms with Gasteiger partial charge in [0.25, 0.3) is 0 Å². The van der Waals surface area contributed by atoms with E-state index in [1.807, 2.05) is 0 Å². The van der Waals surface area contributed by atoms with Crippen LogP contribution >= 0.6 is 12.3 Å². The summed E-state index contributed by atoms with van der Waals surface area (Å²) < 4.78 is 14.1. The summed E-state index contributed by atoms with van der Waals surface area (Å²) in [5.41, 5.74) is 0. The van der Waals surface area contributed by atoms with E-state index < -0.39 is 0 Å². The molecule has 0 unspecified atom stereocenters. The summed E-state index contributed by atoms with van der Waals surface area (Å²) >= 11 is -0.250. The molecule has 4 heavy (non-hydrogen) atoms. The molecular formula is H4BaO2S. The molecule has 0 aromatic rings. The van der Waals surface area contributed by atoms with E-state index >= 15 is 0 Å². The van der Waals surface area contributed by atoms with Crippen molar-refractivity contribution >= 4 is 61.2 Å². The van der Waals surface area contributed by atoms with Crippen LogP contribution in [0.5, 0.6) is 0 Å². The van der Waals surface area contributed by atoms with E-state index in [0.29, 0.717) is 0 Å². The molecule has 0 aromatic carbocycles. The van der Waals surface area contributed by atoms with Crippen molar-refractivity contribution in [2.45, 2.75) is 0 Å². The first-order chi connectivity index (χ1) is 1.41. The SMILES string of the molecule is OSO.[BaH2]. The van der Waals surface area contributed by atoms with Crippen LogP contribution in [0.3, 0.4) is 0 Å². The van der Waals surface area contributed by atoms with Gasteiger partial charge in [0.05, 0.1) is 0 Å². The summed E-state index contributed by atoms with van der Waals surface area (Å²) in [5, 5.41) is 0. The average molecular weight is 205 g/mol. The fourth-order valence-corrected chi connectivity index (χ4v) is 0. The van der Waals surface area contributed by atoms with E-state index in [1.54, 1.807) is 0 Å². The van der Waals surface area contributed by atoms with Gasteiger partial charge in [-0.15, -0.1) is 0 Å².